The van der Waals surface area contributed by atoms with E-state index in [1.54, 1.807) is 0 Å². The lowest BCUT2D eigenvalue weighted by molar-refractivity contribution is -0.128. The Balaban J connectivity index is 0.000000980. The second-order valence-electron chi connectivity index (χ2n) is 4.14. The van der Waals surface area contributed by atoms with Gasteiger partial charge in [-0.3, -0.25) is 4.79 Å². The highest BCUT2D eigenvalue weighted by Crippen LogP contribution is 2.17. The van der Waals surface area contributed by atoms with E-state index in [1.165, 1.54) is 12.8 Å². The van der Waals surface area contributed by atoms with Crippen LogP contribution >= 0.6 is 12.4 Å². The molecule has 2 rings (SSSR count). The third-order valence-corrected chi connectivity index (χ3v) is 3.11. The summed E-state index contributed by atoms with van der Waals surface area (Å²) in [5.74, 6) is 1.13. The van der Waals surface area contributed by atoms with Gasteiger partial charge in [-0.1, -0.05) is 0 Å². The Bertz CT molecular complexity index is 193. The van der Waals surface area contributed by atoms with Gasteiger partial charge in [-0.2, -0.15) is 0 Å². The molecule has 0 spiro atoms. The number of halogens is 1. The summed E-state index contributed by atoms with van der Waals surface area (Å²) in [4.78, 5) is 13.4. The van der Waals surface area contributed by atoms with E-state index in [4.69, 9.17) is 0 Å². The quantitative estimate of drug-likeness (QED) is 0.751. The largest absolute Gasteiger partial charge is 0.342 e. The molecule has 0 unspecified atom stereocenters. The summed E-state index contributed by atoms with van der Waals surface area (Å²) in [6.07, 6.45) is 4.34. The van der Waals surface area contributed by atoms with Crippen LogP contribution in [0.2, 0.25) is 0 Å². The number of rotatable bonds is 2. The molecule has 2 fully saturated rings. The van der Waals surface area contributed by atoms with Crippen LogP contribution in [0.1, 0.15) is 25.7 Å². The molecule has 1 amide bonds. The van der Waals surface area contributed by atoms with E-state index in [-0.39, 0.29) is 12.4 Å². The molecule has 2 aliphatic heterocycles. The van der Waals surface area contributed by atoms with E-state index in [0.29, 0.717) is 5.91 Å². The molecule has 1 N–H and O–H groups in total. The number of carbonyl (C=O) groups is 1. The predicted octanol–water partition coefficient (Wildman–Crippen LogP) is 1.03. The molecule has 3 nitrogen and oxygen atoms in total. The summed E-state index contributed by atoms with van der Waals surface area (Å²) in [7, 11) is 0. The molecule has 4 heteroatoms. The van der Waals surface area contributed by atoms with Gasteiger partial charge in [0.05, 0.1) is 0 Å². The Kier molecular flexibility index (Phi) is 4.69. The zero-order valence-electron chi connectivity index (χ0n) is 8.50. The van der Waals surface area contributed by atoms with Crippen LogP contribution < -0.4 is 5.32 Å². The lowest BCUT2D eigenvalue weighted by Gasteiger charge is -2.27. The molecular weight excluding hydrogens is 200 g/mol. The van der Waals surface area contributed by atoms with Gasteiger partial charge in [-0.05, 0) is 38.3 Å². The standard InChI is InChI=1S/C10H18N2O.ClH/c13-10-2-1-7-12(10)8-9-3-5-11-6-4-9;/h9,11H,1-8H2;1H. The van der Waals surface area contributed by atoms with Crippen LogP contribution in [-0.2, 0) is 4.79 Å². The Morgan fingerprint density at radius 3 is 2.64 bits per heavy atom. The number of hydrogen-bond donors (Lipinski definition) is 1. The van der Waals surface area contributed by atoms with Crippen molar-refractivity contribution in [1.82, 2.24) is 10.2 Å². The van der Waals surface area contributed by atoms with Crippen molar-refractivity contribution in [2.75, 3.05) is 26.2 Å². The van der Waals surface area contributed by atoms with Crippen molar-refractivity contribution in [1.29, 1.82) is 0 Å². The predicted molar refractivity (Wildman–Crippen MR) is 58.7 cm³/mol. The smallest absolute Gasteiger partial charge is 0.222 e. The highest BCUT2D eigenvalue weighted by atomic mass is 35.5. The van der Waals surface area contributed by atoms with Crippen LogP contribution in [0.5, 0.6) is 0 Å². The third-order valence-electron chi connectivity index (χ3n) is 3.11. The van der Waals surface area contributed by atoms with Gasteiger partial charge in [0.2, 0.25) is 5.91 Å². The zero-order valence-corrected chi connectivity index (χ0v) is 9.31. The van der Waals surface area contributed by atoms with Crippen LogP contribution in [0.15, 0.2) is 0 Å². The minimum atomic E-state index is 0. The van der Waals surface area contributed by atoms with Crippen molar-refractivity contribution >= 4 is 18.3 Å². The van der Waals surface area contributed by atoms with Crippen molar-refractivity contribution < 1.29 is 4.79 Å². The van der Waals surface area contributed by atoms with E-state index in [0.717, 1.165) is 44.9 Å². The number of likely N-dealkylation sites (tertiary alicyclic amines) is 1. The molecule has 0 saturated carbocycles. The highest BCUT2D eigenvalue weighted by molar-refractivity contribution is 5.85. The molecule has 82 valence electrons. The first-order chi connectivity index (χ1) is 6.36. The molecule has 0 bridgehead atoms. The first kappa shape index (κ1) is 11.8. The SMILES string of the molecule is Cl.O=C1CCCN1CC1CCNCC1. The molecule has 0 aliphatic carbocycles. The maximum Gasteiger partial charge on any atom is 0.222 e. The number of piperidine rings is 1. The number of amides is 1. The molecular formula is C10H19ClN2O. The second kappa shape index (κ2) is 5.56. The maximum absolute atomic E-state index is 11.4. The summed E-state index contributed by atoms with van der Waals surface area (Å²) in [6, 6.07) is 0. The molecule has 2 saturated heterocycles. The van der Waals surface area contributed by atoms with Gasteiger partial charge >= 0.3 is 0 Å². The van der Waals surface area contributed by atoms with Crippen LogP contribution in [-0.4, -0.2) is 37.0 Å². The monoisotopic (exact) mass is 218 g/mol. The lowest BCUT2D eigenvalue weighted by atomic mass is 9.98. The third kappa shape index (κ3) is 2.85. The Morgan fingerprint density at radius 2 is 2.07 bits per heavy atom. The van der Waals surface area contributed by atoms with Gasteiger partial charge in [0.1, 0.15) is 0 Å². The average molecular weight is 219 g/mol. The first-order valence-electron chi connectivity index (χ1n) is 5.35. The number of nitrogens with one attached hydrogen (secondary N) is 1. The summed E-state index contributed by atoms with van der Waals surface area (Å²) < 4.78 is 0. The molecule has 2 aliphatic rings. The summed E-state index contributed by atoms with van der Waals surface area (Å²) in [5, 5.41) is 3.35. The molecule has 0 aromatic heterocycles. The van der Waals surface area contributed by atoms with Gasteiger partial charge in [-0.15, -0.1) is 12.4 Å². The fourth-order valence-electron chi connectivity index (χ4n) is 2.27. The average Bonchev–Trinajstić information content (AvgIpc) is 2.54. The molecule has 2 heterocycles. The van der Waals surface area contributed by atoms with Crippen LogP contribution in [0.4, 0.5) is 0 Å². The molecule has 0 radical (unpaired) electrons. The van der Waals surface area contributed by atoms with Gasteiger partial charge in [0.15, 0.2) is 0 Å². The zero-order chi connectivity index (χ0) is 9.10. The summed E-state index contributed by atoms with van der Waals surface area (Å²) >= 11 is 0. The minimum Gasteiger partial charge on any atom is -0.342 e. The van der Waals surface area contributed by atoms with E-state index < -0.39 is 0 Å². The Labute approximate surface area is 91.6 Å². The lowest BCUT2D eigenvalue weighted by Crippen LogP contribution is -2.36. The van der Waals surface area contributed by atoms with Crippen LogP contribution in [0, 0.1) is 5.92 Å². The second-order valence-corrected chi connectivity index (χ2v) is 4.14. The molecule has 0 aromatic rings. The van der Waals surface area contributed by atoms with Crippen molar-refractivity contribution in [3.63, 3.8) is 0 Å². The topological polar surface area (TPSA) is 32.3 Å². The van der Waals surface area contributed by atoms with E-state index >= 15 is 0 Å². The maximum atomic E-state index is 11.4. The van der Waals surface area contributed by atoms with Crippen molar-refractivity contribution in [3.05, 3.63) is 0 Å². The fourth-order valence-corrected chi connectivity index (χ4v) is 2.27. The van der Waals surface area contributed by atoms with Crippen molar-refractivity contribution in [2.45, 2.75) is 25.7 Å². The molecule has 0 aromatic carbocycles. The molecule has 14 heavy (non-hydrogen) atoms. The van der Waals surface area contributed by atoms with E-state index in [1.807, 2.05) is 0 Å². The van der Waals surface area contributed by atoms with E-state index in [9.17, 15) is 4.79 Å². The normalized spacial score (nSPS) is 23.7. The Morgan fingerprint density at radius 1 is 1.36 bits per heavy atom. The van der Waals surface area contributed by atoms with Gasteiger partial charge in [0.25, 0.3) is 0 Å². The van der Waals surface area contributed by atoms with Gasteiger partial charge in [0, 0.05) is 19.5 Å². The van der Waals surface area contributed by atoms with Crippen LogP contribution in [0.3, 0.4) is 0 Å². The number of nitrogens with zero attached hydrogens (tertiary/aromatic N) is 1. The van der Waals surface area contributed by atoms with Crippen molar-refractivity contribution in [3.8, 4) is 0 Å². The summed E-state index contributed by atoms with van der Waals surface area (Å²) in [6.45, 7) is 4.28. The summed E-state index contributed by atoms with van der Waals surface area (Å²) in [5.41, 5.74) is 0. The molecule has 0 atom stereocenters. The fraction of sp³-hybridized carbons (Fsp3) is 0.900. The minimum absolute atomic E-state index is 0. The number of carbonyl (C=O) groups excluding carboxylic acids is 1. The van der Waals surface area contributed by atoms with Crippen molar-refractivity contribution in [2.24, 2.45) is 5.92 Å². The first-order valence-corrected chi connectivity index (χ1v) is 5.35. The highest BCUT2D eigenvalue weighted by Gasteiger charge is 2.23. The van der Waals surface area contributed by atoms with Gasteiger partial charge < -0.3 is 10.2 Å². The van der Waals surface area contributed by atoms with Gasteiger partial charge in [-0.25, -0.2) is 0 Å². The Hall–Kier alpha value is -0.280. The van der Waals surface area contributed by atoms with E-state index in [2.05, 4.69) is 10.2 Å². The van der Waals surface area contributed by atoms with Crippen LogP contribution in [0.25, 0.3) is 0 Å². The number of hydrogen-bond acceptors (Lipinski definition) is 2.